The van der Waals surface area contributed by atoms with Gasteiger partial charge in [-0.1, -0.05) is 0 Å². The summed E-state index contributed by atoms with van der Waals surface area (Å²) in [4.78, 5) is 13.3. The topological polar surface area (TPSA) is 32.3 Å². The highest BCUT2D eigenvalue weighted by molar-refractivity contribution is 5.73. The van der Waals surface area contributed by atoms with E-state index in [4.69, 9.17) is 0 Å². The van der Waals surface area contributed by atoms with Gasteiger partial charge >= 0.3 is 0 Å². The van der Waals surface area contributed by atoms with Crippen LogP contribution in [0.15, 0.2) is 0 Å². The lowest BCUT2D eigenvalue weighted by Crippen LogP contribution is -2.53. The van der Waals surface area contributed by atoms with Crippen molar-refractivity contribution in [3.8, 4) is 0 Å². The molecule has 1 aliphatic heterocycles. The van der Waals surface area contributed by atoms with Gasteiger partial charge in [-0.2, -0.15) is 0 Å². The lowest BCUT2D eigenvalue weighted by atomic mass is 10.1. The first-order valence-electron chi connectivity index (χ1n) is 4.77. The molecule has 0 aromatic carbocycles. The van der Waals surface area contributed by atoms with Gasteiger partial charge in [0.1, 0.15) is 0 Å². The molecule has 0 aromatic rings. The predicted octanol–water partition coefficient (Wildman–Crippen LogP) is 0.217. The molecule has 3 heteroatoms. The van der Waals surface area contributed by atoms with Crippen LogP contribution in [-0.4, -0.2) is 36.5 Å². The van der Waals surface area contributed by atoms with Crippen molar-refractivity contribution in [3.63, 3.8) is 0 Å². The Morgan fingerprint density at radius 3 is 2.83 bits per heavy atom. The van der Waals surface area contributed by atoms with Crippen molar-refractivity contribution in [3.05, 3.63) is 0 Å². The number of nitrogens with zero attached hydrogens (tertiary/aromatic N) is 1. The van der Waals surface area contributed by atoms with Crippen molar-refractivity contribution in [2.45, 2.75) is 25.8 Å². The molecule has 3 nitrogen and oxygen atoms in total. The fourth-order valence-corrected chi connectivity index (χ4v) is 2.02. The van der Waals surface area contributed by atoms with Crippen molar-refractivity contribution in [2.75, 3.05) is 19.6 Å². The smallest absolute Gasteiger partial charge is 0.219 e. The van der Waals surface area contributed by atoms with Gasteiger partial charge in [-0.3, -0.25) is 4.79 Å². The maximum atomic E-state index is 11.2. The minimum Gasteiger partial charge on any atom is -0.337 e. The normalized spacial score (nSPS) is 30.4. The summed E-state index contributed by atoms with van der Waals surface area (Å²) >= 11 is 0. The van der Waals surface area contributed by atoms with E-state index in [1.54, 1.807) is 6.92 Å². The molecular weight excluding hydrogens is 152 g/mol. The minimum absolute atomic E-state index is 0.244. The first-order valence-corrected chi connectivity index (χ1v) is 4.77. The molecule has 0 bridgehead atoms. The van der Waals surface area contributed by atoms with Crippen LogP contribution in [-0.2, 0) is 4.79 Å². The van der Waals surface area contributed by atoms with Gasteiger partial charge in [-0.05, 0) is 18.8 Å². The Hall–Kier alpha value is -0.570. The van der Waals surface area contributed by atoms with Crippen LogP contribution in [0.1, 0.15) is 19.8 Å². The monoisotopic (exact) mass is 168 g/mol. The third-order valence-electron chi connectivity index (χ3n) is 2.85. The molecule has 2 aliphatic rings. The van der Waals surface area contributed by atoms with Crippen molar-refractivity contribution in [1.82, 2.24) is 10.2 Å². The summed E-state index contributed by atoms with van der Waals surface area (Å²) in [7, 11) is 0. The Morgan fingerprint density at radius 1 is 1.50 bits per heavy atom. The van der Waals surface area contributed by atoms with E-state index >= 15 is 0 Å². The Bertz CT molecular complexity index is 189. The summed E-state index contributed by atoms with van der Waals surface area (Å²) in [5.41, 5.74) is 0. The van der Waals surface area contributed by atoms with Gasteiger partial charge < -0.3 is 10.2 Å². The molecule has 1 saturated carbocycles. The maximum absolute atomic E-state index is 11.2. The Balaban J connectivity index is 2.00. The third-order valence-corrected chi connectivity index (χ3v) is 2.85. The zero-order valence-electron chi connectivity index (χ0n) is 7.55. The Morgan fingerprint density at radius 2 is 2.25 bits per heavy atom. The summed E-state index contributed by atoms with van der Waals surface area (Å²) in [5, 5.41) is 3.35. The number of hydrogen-bond acceptors (Lipinski definition) is 2. The number of amides is 1. The van der Waals surface area contributed by atoms with E-state index in [1.807, 2.05) is 4.90 Å². The predicted molar refractivity (Wildman–Crippen MR) is 46.8 cm³/mol. The average molecular weight is 168 g/mol. The van der Waals surface area contributed by atoms with Crippen LogP contribution in [0.4, 0.5) is 0 Å². The molecule has 1 unspecified atom stereocenters. The number of nitrogens with one attached hydrogen (secondary N) is 1. The molecule has 2 rings (SSSR count). The molecule has 1 amide bonds. The van der Waals surface area contributed by atoms with E-state index in [0.29, 0.717) is 6.04 Å². The molecule has 1 heterocycles. The highest BCUT2D eigenvalue weighted by atomic mass is 16.2. The van der Waals surface area contributed by atoms with Gasteiger partial charge in [0.25, 0.3) is 0 Å². The molecule has 1 N–H and O–H groups in total. The lowest BCUT2D eigenvalue weighted by Gasteiger charge is -2.35. The fourth-order valence-electron chi connectivity index (χ4n) is 2.02. The molecule has 0 aromatic heterocycles. The summed E-state index contributed by atoms with van der Waals surface area (Å²) in [6, 6.07) is 0.497. The van der Waals surface area contributed by atoms with Crippen LogP contribution < -0.4 is 5.32 Å². The summed E-state index contributed by atoms with van der Waals surface area (Å²) in [6.07, 6.45) is 2.63. The largest absolute Gasteiger partial charge is 0.337 e. The first kappa shape index (κ1) is 8.05. The molecule has 1 saturated heterocycles. The number of piperazine rings is 1. The molecule has 0 spiro atoms. The average Bonchev–Trinajstić information content (AvgIpc) is 2.87. The van der Waals surface area contributed by atoms with Crippen molar-refractivity contribution in [2.24, 2.45) is 5.92 Å². The zero-order valence-corrected chi connectivity index (χ0v) is 7.55. The molecule has 12 heavy (non-hydrogen) atoms. The fraction of sp³-hybridized carbons (Fsp3) is 0.889. The van der Waals surface area contributed by atoms with Crippen LogP contribution in [0, 0.1) is 5.92 Å². The summed E-state index contributed by atoms with van der Waals surface area (Å²) in [5.74, 6) is 1.04. The van der Waals surface area contributed by atoms with Gasteiger partial charge in [-0.15, -0.1) is 0 Å². The van der Waals surface area contributed by atoms with Gasteiger partial charge in [0, 0.05) is 32.6 Å². The Labute approximate surface area is 73.1 Å². The van der Waals surface area contributed by atoms with E-state index in [1.165, 1.54) is 12.8 Å². The second-order valence-electron chi connectivity index (χ2n) is 3.82. The lowest BCUT2D eigenvalue weighted by molar-refractivity contribution is -0.132. The van der Waals surface area contributed by atoms with E-state index < -0.39 is 0 Å². The standard InChI is InChI=1S/C9H16N2O/c1-7(12)11-5-4-10-6-9(11)8-2-3-8/h8-10H,2-6H2,1H3. The molecule has 68 valence electrons. The van der Waals surface area contributed by atoms with Gasteiger partial charge in [-0.25, -0.2) is 0 Å². The van der Waals surface area contributed by atoms with Crippen molar-refractivity contribution in [1.29, 1.82) is 0 Å². The molecule has 2 fully saturated rings. The van der Waals surface area contributed by atoms with Crippen molar-refractivity contribution < 1.29 is 4.79 Å². The molecular formula is C9H16N2O. The van der Waals surface area contributed by atoms with E-state index in [-0.39, 0.29) is 5.91 Å². The van der Waals surface area contributed by atoms with Crippen LogP contribution >= 0.6 is 0 Å². The van der Waals surface area contributed by atoms with Gasteiger partial charge in [0.15, 0.2) is 0 Å². The van der Waals surface area contributed by atoms with Crippen molar-refractivity contribution >= 4 is 5.91 Å². The number of rotatable bonds is 1. The highest BCUT2D eigenvalue weighted by Crippen LogP contribution is 2.35. The quantitative estimate of drug-likeness (QED) is 0.607. The zero-order chi connectivity index (χ0) is 8.55. The molecule has 1 aliphatic carbocycles. The minimum atomic E-state index is 0.244. The van der Waals surface area contributed by atoms with Crippen LogP contribution in [0.3, 0.4) is 0 Å². The summed E-state index contributed by atoms with van der Waals surface area (Å²) in [6.45, 7) is 4.55. The van der Waals surface area contributed by atoms with Crippen LogP contribution in [0.2, 0.25) is 0 Å². The third kappa shape index (κ3) is 1.46. The number of hydrogen-bond donors (Lipinski definition) is 1. The second kappa shape index (κ2) is 3.05. The number of carbonyl (C=O) groups excluding carboxylic acids is 1. The second-order valence-corrected chi connectivity index (χ2v) is 3.82. The summed E-state index contributed by atoms with van der Waals surface area (Å²) < 4.78 is 0. The molecule has 0 radical (unpaired) electrons. The van der Waals surface area contributed by atoms with Gasteiger partial charge in [0.05, 0.1) is 0 Å². The highest BCUT2D eigenvalue weighted by Gasteiger charge is 2.37. The Kier molecular flexibility index (Phi) is 2.05. The number of carbonyl (C=O) groups is 1. The van der Waals surface area contributed by atoms with E-state index in [0.717, 1.165) is 25.6 Å². The SMILES string of the molecule is CC(=O)N1CCNCC1C1CC1. The van der Waals surface area contributed by atoms with E-state index in [2.05, 4.69) is 5.32 Å². The molecule has 1 atom stereocenters. The maximum Gasteiger partial charge on any atom is 0.219 e. The van der Waals surface area contributed by atoms with Crippen LogP contribution in [0.25, 0.3) is 0 Å². The van der Waals surface area contributed by atoms with Gasteiger partial charge in [0.2, 0.25) is 5.91 Å². The van der Waals surface area contributed by atoms with Crippen LogP contribution in [0.5, 0.6) is 0 Å². The first-order chi connectivity index (χ1) is 5.79. The van der Waals surface area contributed by atoms with E-state index in [9.17, 15) is 4.79 Å².